The van der Waals surface area contributed by atoms with Crippen LogP contribution in [0.5, 0.6) is 0 Å². The second-order valence-electron chi connectivity index (χ2n) is 12.8. The third kappa shape index (κ3) is 11.2. The molecule has 0 heterocycles. The summed E-state index contributed by atoms with van der Waals surface area (Å²) in [6.45, 7) is 24.2. The zero-order valence-electron chi connectivity index (χ0n) is 25.0. The van der Waals surface area contributed by atoms with Crippen LogP contribution in [0.25, 0.3) is 0 Å². The quantitative estimate of drug-likeness (QED) is 0.108. The largest absolute Gasteiger partial charge is 0.462 e. The van der Waals surface area contributed by atoms with Crippen molar-refractivity contribution < 1.29 is 23.2 Å². The highest BCUT2D eigenvalue weighted by atomic mass is 28.4. The standard InChI is InChI=1S/C30H50O5Si2/c1-24(18-20-27(23-31)35-37(10,11)30(5,6)7)17-19-26(34-36(8,9)29(2,3)4)21-22-33-28(32)25-15-13-12-14-16-25/h12-19,23,26-27H,20-22H2,1-11H3/b19-17+,24-18+/t26-,27+/m1/s1. The van der Waals surface area contributed by atoms with E-state index in [1.54, 1.807) is 12.1 Å². The van der Waals surface area contributed by atoms with E-state index >= 15 is 0 Å². The fourth-order valence-corrected chi connectivity index (χ4v) is 5.56. The number of aldehydes is 1. The van der Waals surface area contributed by atoms with Gasteiger partial charge in [-0.15, -0.1) is 0 Å². The van der Waals surface area contributed by atoms with Crippen molar-refractivity contribution in [2.24, 2.45) is 0 Å². The minimum atomic E-state index is -2.04. The van der Waals surface area contributed by atoms with Gasteiger partial charge in [-0.2, -0.15) is 0 Å². The lowest BCUT2D eigenvalue weighted by molar-refractivity contribution is -0.114. The molecule has 0 aromatic heterocycles. The number of rotatable bonds is 13. The molecule has 0 amide bonds. The summed E-state index contributed by atoms with van der Waals surface area (Å²) in [5.41, 5.74) is 1.58. The summed E-state index contributed by atoms with van der Waals surface area (Å²) in [5, 5.41) is 0.105. The van der Waals surface area contributed by atoms with Gasteiger partial charge in [0.25, 0.3) is 0 Å². The van der Waals surface area contributed by atoms with Crippen LogP contribution in [0.2, 0.25) is 36.3 Å². The van der Waals surface area contributed by atoms with Gasteiger partial charge in [0.1, 0.15) is 12.4 Å². The second-order valence-corrected chi connectivity index (χ2v) is 22.3. The van der Waals surface area contributed by atoms with Crippen LogP contribution >= 0.6 is 0 Å². The van der Waals surface area contributed by atoms with Crippen LogP contribution in [0.4, 0.5) is 0 Å². The van der Waals surface area contributed by atoms with Gasteiger partial charge in [-0.05, 0) is 61.7 Å². The normalized spacial score (nSPS) is 15.5. The molecule has 7 heteroatoms. The van der Waals surface area contributed by atoms with Crippen LogP contribution in [0.1, 0.15) is 71.7 Å². The average molecular weight is 547 g/mol. The molecule has 0 spiro atoms. The van der Waals surface area contributed by atoms with Crippen LogP contribution in [0.3, 0.4) is 0 Å². The Hall–Kier alpha value is -1.81. The van der Waals surface area contributed by atoms with Crippen molar-refractivity contribution in [1.29, 1.82) is 0 Å². The lowest BCUT2D eigenvalue weighted by Crippen LogP contribution is -2.44. The first-order valence-electron chi connectivity index (χ1n) is 13.3. The lowest BCUT2D eigenvalue weighted by atomic mass is 10.1. The number of hydrogen-bond acceptors (Lipinski definition) is 5. The number of allylic oxidation sites excluding steroid dienone is 2. The van der Waals surface area contributed by atoms with Gasteiger partial charge in [-0.1, -0.05) is 83.5 Å². The summed E-state index contributed by atoms with van der Waals surface area (Å²) in [6.07, 6.45) is 7.52. The molecule has 0 fully saturated rings. The first kappa shape index (κ1) is 33.2. The van der Waals surface area contributed by atoms with Crippen molar-refractivity contribution in [2.75, 3.05) is 6.61 Å². The third-order valence-electron chi connectivity index (χ3n) is 7.55. The highest BCUT2D eigenvalue weighted by Crippen LogP contribution is 2.38. The van der Waals surface area contributed by atoms with Crippen molar-refractivity contribution in [2.45, 2.75) is 110 Å². The summed E-state index contributed by atoms with van der Waals surface area (Å²) in [7, 11) is -4.07. The Balaban J connectivity index is 2.90. The Morgan fingerprint density at radius 2 is 1.41 bits per heavy atom. The molecule has 0 bridgehead atoms. The van der Waals surface area contributed by atoms with Crippen LogP contribution in [-0.2, 0) is 18.4 Å². The Labute approximate surface area is 227 Å². The molecule has 0 saturated carbocycles. The van der Waals surface area contributed by atoms with Gasteiger partial charge in [0.15, 0.2) is 16.6 Å². The maximum Gasteiger partial charge on any atom is 0.338 e. The SMILES string of the molecule is CC(/C=C/[C@H](CCOC(=O)c1ccccc1)O[Si](C)(C)C(C)(C)C)=C\C[C@@H](C=O)O[Si](C)(C)C(C)(C)C. The minimum absolute atomic E-state index is 0.0468. The van der Waals surface area contributed by atoms with Gasteiger partial charge < -0.3 is 18.4 Å². The van der Waals surface area contributed by atoms with Crippen LogP contribution < -0.4 is 0 Å². The van der Waals surface area contributed by atoms with E-state index in [-0.39, 0.29) is 28.8 Å². The van der Waals surface area contributed by atoms with Crippen molar-refractivity contribution >= 4 is 28.9 Å². The first-order valence-corrected chi connectivity index (χ1v) is 19.1. The second kappa shape index (κ2) is 13.8. The van der Waals surface area contributed by atoms with Gasteiger partial charge in [0.05, 0.1) is 18.3 Å². The van der Waals surface area contributed by atoms with E-state index in [2.05, 4.69) is 67.7 Å². The van der Waals surface area contributed by atoms with E-state index in [0.29, 0.717) is 18.4 Å². The predicted molar refractivity (Wildman–Crippen MR) is 159 cm³/mol. The van der Waals surface area contributed by atoms with Crippen LogP contribution in [-0.4, -0.2) is 47.7 Å². The molecular formula is C30H50O5Si2. The first-order chi connectivity index (χ1) is 16.9. The molecule has 0 saturated heterocycles. The van der Waals surface area contributed by atoms with Crippen molar-refractivity contribution in [3.8, 4) is 0 Å². The zero-order valence-corrected chi connectivity index (χ0v) is 27.0. The molecule has 0 unspecified atom stereocenters. The molecule has 1 rings (SSSR count). The lowest BCUT2D eigenvalue weighted by Gasteiger charge is -2.38. The Morgan fingerprint density at radius 1 is 0.892 bits per heavy atom. The van der Waals surface area contributed by atoms with Crippen LogP contribution in [0, 0.1) is 0 Å². The number of ether oxygens (including phenoxy) is 1. The molecule has 0 aliphatic rings. The topological polar surface area (TPSA) is 61.8 Å². The van der Waals surface area contributed by atoms with Crippen molar-refractivity contribution in [3.05, 3.63) is 59.7 Å². The highest BCUT2D eigenvalue weighted by Gasteiger charge is 2.39. The number of hydrogen-bond donors (Lipinski definition) is 0. The van der Waals surface area contributed by atoms with E-state index in [1.165, 1.54) is 0 Å². The van der Waals surface area contributed by atoms with Gasteiger partial charge in [0, 0.05) is 6.42 Å². The summed E-state index contributed by atoms with van der Waals surface area (Å²) >= 11 is 0. The Morgan fingerprint density at radius 3 is 1.89 bits per heavy atom. The van der Waals surface area contributed by atoms with Crippen LogP contribution in [0.15, 0.2) is 54.1 Å². The maximum atomic E-state index is 12.4. The fourth-order valence-electron chi connectivity index (χ4n) is 2.99. The van der Waals surface area contributed by atoms with E-state index < -0.39 is 22.7 Å². The number of benzene rings is 1. The van der Waals surface area contributed by atoms with Gasteiger partial charge in [0.2, 0.25) is 0 Å². The molecule has 37 heavy (non-hydrogen) atoms. The van der Waals surface area contributed by atoms with Gasteiger partial charge >= 0.3 is 5.97 Å². The molecule has 208 valence electrons. The van der Waals surface area contributed by atoms with E-state index in [9.17, 15) is 9.59 Å². The van der Waals surface area contributed by atoms with E-state index in [1.807, 2.05) is 43.4 Å². The number of carbonyl (C=O) groups is 2. The third-order valence-corrected chi connectivity index (χ3v) is 16.6. The smallest absolute Gasteiger partial charge is 0.338 e. The predicted octanol–water partition coefficient (Wildman–Crippen LogP) is 8.11. The van der Waals surface area contributed by atoms with Gasteiger partial charge in [-0.25, -0.2) is 4.79 Å². The fraction of sp³-hybridized carbons (Fsp3) is 0.600. The zero-order chi connectivity index (χ0) is 28.5. The summed E-state index contributed by atoms with van der Waals surface area (Å²) < 4.78 is 18.5. The van der Waals surface area contributed by atoms with Crippen molar-refractivity contribution in [3.63, 3.8) is 0 Å². The summed E-state index contributed by atoms with van der Waals surface area (Å²) in [4.78, 5) is 24.1. The molecule has 1 aromatic carbocycles. The molecule has 0 radical (unpaired) electrons. The maximum absolute atomic E-state index is 12.4. The molecule has 5 nitrogen and oxygen atoms in total. The molecular weight excluding hydrogens is 496 g/mol. The summed E-state index contributed by atoms with van der Waals surface area (Å²) in [5.74, 6) is -0.326. The van der Waals surface area contributed by atoms with E-state index in [0.717, 1.165) is 11.9 Å². The highest BCUT2D eigenvalue weighted by molar-refractivity contribution is 6.74. The molecule has 0 aliphatic heterocycles. The Kier molecular flexibility index (Phi) is 12.4. The Bertz CT molecular complexity index is 922. The molecule has 0 aliphatic carbocycles. The average Bonchev–Trinajstić information content (AvgIpc) is 2.78. The molecule has 0 N–H and O–H groups in total. The molecule has 2 atom stereocenters. The van der Waals surface area contributed by atoms with Crippen molar-refractivity contribution in [1.82, 2.24) is 0 Å². The monoisotopic (exact) mass is 546 g/mol. The molecule has 1 aromatic rings. The number of carbonyl (C=O) groups excluding carboxylic acids is 2. The minimum Gasteiger partial charge on any atom is -0.462 e. The number of esters is 1. The summed E-state index contributed by atoms with van der Waals surface area (Å²) in [6, 6.07) is 9.02. The van der Waals surface area contributed by atoms with Gasteiger partial charge in [-0.3, -0.25) is 0 Å². The van der Waals surface area contributed by atoms with E-state index in [4.69, 9.17) is 13.6 Å².